The van der Waals surface area contributed by atoms with Crippen LogP contribution in [0, 0.1) is 0 Å². The van der Waals surface area contributed by atoms with Gasteiger partial charge in [0.05, 0.1) is 19.8 Å². The molecule has 0 radical (unpaired) electrons. The van der Waals surface area contributed by atoms with E-state index in [9.17, 15) is 0 Å². The molecular weight excluding hydrogens is 290 g/mol. The van der Waals surface area contributed by atoms with E-state index in [1.165, 1.54) is 0 Å². The number of nitrogens with one attached hydrogen (secondary N) is 1. The molecule has 0 amide bonds. The fourth-order valence-electron chi connectivity index (χ4n) is 3.52. The van der Waals surface area contributed by atoms with Crippen LogP contribution in [-0.2, 0) is 16.0 Å². The van der Waals surface area contributed by atoms with Gasteiger partial charge in [0.2, 0.25) is 0 Å². The molecule has 2 heterocycles. The molecule has 1 aliphatic carbocycles. The first-order valence-electron chi connectivity index (χ1n) is 8.48. The molecule has 4 rings (SSSR count). The summed E-state index contributed by atoms with van der Waals surface area (Å²) in [6, 6.07) is 14.8. The maximum Gasteiger partial charge on any atom is 0.168 e. The second kappa shape index (κ2) is 6.48. The lowest BCUT2D eigenvalue weighted by Crippen LogP contribution is -2.41. The van der Waals surface area contributed by atoms with Crippen molar-refractivity contribution in [2.75, 3.05) is 13.2 Å². The minimum Gasteiger partial charge on any atom is -0.460 e. The van der Waals surface area contributed by atoms with Crippen molar-refractivity contribution in [2.45, 2.75) is 44.1 Å². The maximum atomic E-state index is 5.94. The second-order valence-corrected chi connectivity index (χ2v) is 6.39. The number of furan rings is 1. The third-order valence-corrected chi connectivity index (χ3v) is 4.85. The molecule has 1 saturated carbocycles. The Kier molecular flexibility index (Phi) is 4.21. The summed E-state index contributed by atoms with van der Waals surface area (Å²) in [7, 11) is 0. The number of hydrogen-bond acceptors (Lipinski definition) is 4. The van der Waals surface area contributed by atoms with Crippen LogP contribution < -0.4 is 5.32 Å². The van der Waals surface area contributed by atoms with Crippen LogP contribution in [-0.4, -0.2) is 25.0 Å². The van der Waals surface area contributed by atoms with Crippen LogP contribution in [0.2, 0.25) is 0 Å². The maximum absolute atomic E-state index is 5.94. The Balaban J connectivity index is 1.29. The summed E-state index contributed by atoms with van der Waals surface area (Å²) < 4.78 is 17.5. The Bertz CT molecular complexity index is 621. The molecule has 122 valence electrons. The fraction of sp³-hybridized carbons (Fsp3) is 0.474. The lowest BCUT2D eigenvalue weighted by Gasteiger charge is -2.35. The molecule has 1 saturated heterocycles. The van der Waals surface area contributed by atoms with Crippen LogP contribution >= 0.6 is 0 Å². The van der Waals surface area contributed by atoms with Crippen LogP contribution in [0.3, 0.4) is 0 Å². The van der Waals surface area contributed by atoms with Crippen molar-refractivity contribution in [3.63, 3.8) is 0 Å². The smallest absolute Gasteiger partial charge is 0.168 e. The SMILES string of the molecule is c1ccc(-c2ccc(CNC3CCC4(CC3)OCCO4)o2)cc1. The number of rotatable bonds is 4. The number of hydrogen-bond donors (Lipinski definition) is 1. The van der Waals surface area contributed by atoms with Gasteiger partial charge in [-0.3, -0.25) is 0 Å². The molecule has 1 aliphatic heterocycles. The van der Waals surface area contributed by atoms with Crippen molar-refractivity contribution >= 4 is 0 Å². The van der Waals surface area contributed by atoms with Crippen molar-refractivity contribution in [1.82, 2.24) is 5.32 Å². The zero-order valence-corrected chi connectivity index (χ0v) is 13.3. The van der Waals surface area contributed by atoms with Crippen molar-refractivity contribution in [3.05, 3.63) is 48.2 Å². The highest BCUT2D eigenvalue weighted by Gasteiger charge is 2.40. The largest absolute Gasteiger partial charge is 0.460 e. The summed E-state index contributed by atoms with van der Waals surface area (Å²) in [6.07, 6.45) is 4.15. The van der Waals surface area contributed by atoms with Gasteiger partial charge in [0.15, 0.2) is 5.79 Å². The minimum absolute atomic E-state index is 0.274. The summed E-state index contributed by atoms with van der Waals surface area (Å²) in [5.41, 5.74) is 1.12. The number of benzene rings is 1. The molecule has 1 aromatic carbocycles. The van der Waals surface area contributed by atoms with Crippen molar-refractivity contribution in [1.29, 1.82) is 0 Å². The summed E-state index contributed by atoms with van der Waals surface area (Å²) >= 11 is 0. The zero-order chi connectivity index (χ0) is 15.5. The molecule has 4 nitrogen and oxygen atoms in total. The van der Waals surface area contributed by atoms with Gasteiger partial charge in [-0.2, -0.15) is 0 Å². The monoisotopic (exact) mass is 313 g/mol. The van der Waals surface area contributed by atoms with Gasteiger partial charge < -0.3 is 19.2 Å². The first kappa shape index (κ1) is 14.9. The van der Waals surface area contributed by atoms with E-state index in [0.717, 1.165) is 62.5 Å². The Labute approximate surface area is 136 Å². The summed E-state index contributed by atoms with van der Waals surface area (Å²) in [5.74, 6) is 1.64. The Morgan fingerprint density at radius 2 is 1.70 bits per heavy atom. The quantitative estimate of drug-likeness (QED) is 0.934. The molecule has 1 spiro atoms. The second-order valence-electron chi connectivity index (χ2n) is 6.39. The van der Waals surface area contributed by atoms with Crippen LogP contribution in [0.15, 0.2) is 46.9 Å². The van der Waals surface area contributed by atoms with Crippen LogP contribution in [0.1, 0.15) is 31.4 Å². The molecule has 0 atom stereocenters. The normalized spacial score (nSPS) is 21.0. The van der Waals surface area contributed by atoms with Crippen LogP contribution in [0.25, 0.3) is 11.3 Å². The van der Waals surface area contributed by atoms with Crippen molar-refractivity contribution in [2.24, 2.45) is 0 Å². The minimum atomic E-state index is -0.274. The lowest BCUT2D eigenvalue weighted by molar-refractivity contribution is -0.179. The molecular formula is C19H23NO3. The van der Waals surface area contributed by atoms with Gasteiger partial charge in [0.25, 0.3) is 0 Å². The first-order chi connectivity index (χ1) is 11.3. The predicted octanol–water partition coefficient (Wildman–Crippen LogP) is 3.72. The molecule has 2 aromatic rings. The lowest BCUT2D eigenvalue weighted by atomic mass is 9.90. The van der Waals surface area contributed by atoms with E-state index in [1.54, 1.807) is 0 Å². The standard InChI is InChI=1S/C19H23NO3/c1-2-4-15(5-3-1)18-7-6-17(23-18)14-20-16-8-10-19(11-9-16)21-12-13-22-19/h1-7,16,20H,8-14H2. The van der Waals surface area contributed by atoms with E-state index in [2.05, 4.69) is 23.5 Å². The van der Waals surface area contributed by atoms with Gasteiger partial charge in [-0.15, -0.1) is 0 Å². The fourth-order valence-corrected chi connectivity index (χ4v) is 3.52. The highest BCUT2D eigenvalue weighted by molar-refractivity contribution is 5.57. The number of ether oxygens (including phenoxy) is 2. The van der Waals surface area contributed by atoms with Crippen LogP contribution in [0.4, 0.5) is 0 Å². The average Bonchev–Trinajstić information content (AvgIpc) is 3.25. The van der Waals surface area contributed by atoms with E-state index in [4.69, 9.17) is 13.9 Å². The van der Waals surface area contributed by atoms with E-state index < -0.39 is 0 Å². The van der Waals surface area contributed by atoms with E-state index in [1.807, 2.05) is 24.3 Å². The first-order valence-corrected chi connectivity index (χ1v) is 8.48. The molecule has 23 heavy (non-hydrogen) atoms. The van der Waals surface area contributed by atoms with Gasteiger partial charge in [-0.25, -0.2) is 0 Å². The van der Waals surface area contributed by atoms with Gasteiger partial charge >= 0.3 is 0 Å². The van der Waals surface area contributed by atoms with Gasteiger partial charge in [-0.1, -0.05) is 30.3 Å². The third-order valence-electron chi connectivity index (χ3n) is 4.85. The Morgan fingerprint density at radius 3 is 2.43 bits per heavy atom. The molecule has 1 aromatic heterocycles. The van der Waals surface area contributed by atoms with Crippen LogP contribution in [0.5, 0.6) is 0 Å². The molecule has 1 N–H and O–H groups in total. The Morgan fingerprint density at radius 1 is 0.957 bits per heavy atom. The van der Waals surface area contributed by atoms with Gasteiger partial charge in [-0.05, 0) is 25.0 Å². The Hall–Kier alpha value is -1.62. The van der Waals surface area contributed by atoms with E-state index in [-0.39, 0.29) is 5.79 Å². The molecule has 4 heteroatoms. The van der Waals surface area contributed by atoms with E-state index >= 15 is 0 Å². The van der Waals surface area contributed by atoms with Gasteiger partial charge in [0.1, 0.15) is 11.5 Å². The molecule has 0 bridgehead atoms. The highest BCUT2D eigenvalue weighted by Crippen LogP contribution is 2.35. The third kappa shape index (κ3) is 3.34. The molecule has 0 unspecified atom stereocenters. The van der Waals surface area contributed by atoms with Gasteiger partial charge in [0, 0.05) is 24.4 Å². The summed E-state index contributed by atoms with van der Waals surface area (Å²) in [6.45, 7) is 2.26. The predicted molar refractivity (Wildman–Crippen MR) is 87.9 cm³/mol. The van der Waals surface area contributed by atoms with E-state index in [0.29, 0.717) is 6.04 Å². The molecule has 2 aliphatic rings. The summed E-state index contributed by atoms with van der Waals surface area (Å²) in [5, 5.41) is 3.60. The van der Waals surface area contributed by atoms with Crippen molar-refractivity contribution in [3.8, 4) is 11.3 Å². The topological polar surface area (TPSA) is 43.6 Å². The highest BCUT2D eigenvalue weighted by atomic mass is 16.7. The zero-order valence-electron chi connectivity index (χ0n) is 13.3. The average molecular weight is 313 g/mol. The summed E-state index contributed by atoms with van der Waals surface area (Å²) in [4.78, 5) is 0. The van der Waals surface area contributed by atoms with Crippen molar-refractivity contribution < 1.29 is 13.9 Å². The molecule has 2 fully saturated rings.